The van der Waals surface area contributed by atoms with Crippen LogP contribution < -0.4 is 0 Å². The van der Waals surface area contributed by atoms with Gasteiger partial charge in [0, 0.05) is 30.6 Å². The summed E-state index contributed by atoms with van der Waals surface area (Å²) in [6, 6.07) is 13.0. The number of hydrogen-bond acceptors (Lipinski definition) is 3. The number of fused-ring (bicyclic) bond motifs is 1. The van der Waals surface area contributed by atoms with Crippen LogP contribution in [-0.2, 0) is 19.9 Å². The van der Waals surface area contributed by atoms with Gasteiger partial charge in [-0.3, -0.25) is 0 Å². The van der Waals surface area contributed by atoms with Crippen molar-refractivity contribution in [1.29, 1.82) is 0 Å². The normalized spacial score (nSPS) is 11.3. The summed E-state index contributed by atoms with van der Waals surface area (Å²) in [4.78, 5) is 13.6. The molecule has 0 fully saturated rings. The van der Waals surface area contributed by atoms with E-state index in [2.05, 4.69) is 9.97 Å². The van der Waals surface area contributed by atoms with Crippen molar-refractivity contribution >= 4 is 22.5 Å². The second kappa shape index (κ2) is 7.08. The predicted octanol–water partition coefficient (Wildman–Crippen LogP) is 4.92. The molecule has 6 heteroatoms. The molecular weight excluding hydrogens is 363 g/mol. The number of halogens is 2. The molecule has 4 rings (SSSR count). The standard InChI is InChI=1S/C21H18ClFN4/c1-13-24-18(15-10-17(23)16(22)11-19(15)25-13)8-9-21-26-20(12-27(21)2)14-6-4-3-5-7-14/h3-7,10-12H,8-9H2,1-2H3. The summed E-state index contributed by atoms with van der Waals surface area (Å²) < 4.78 is 16.0. The quantitative estimate of drug-likeness (QED) is 0.505. The van der Waals surface area contributed by atoms with Gasteiger partial charge in [0.15, 0.2) is 0 Å². The van der Waals surface area contributed by atoms with Crippen molar-refractivity contribution < 1.29 is 4.39 Å². The molecule has 0 atom stereocenters. The van der Waals surface area contributed by atoms with Gasteiger partial charge in [-0.25, -0.2) is 19.3 Å². The molecule has 0 aliphatic carbocycles. The maximum atomic E-state index is 13.9. The Hall–Kier alpha value is -2.79. The molecule has 0 bridgehead atoms. The van der Waals surface area contributed by atoms with Gasteiger partial charge >= 0.3 is 0 Å². The summed E-state index contributed by atoms with van der Waals surface area (Å²) in [5.41, 5.74) is 3.49. The number of imidazole rings is 1. The molecule has 2 aromatic heterocycles. The number of benzene rings is 2. The minimum Gasteiger partial charge on any atom is -0.337 e. The van der Waals surface area contributed by atoms with Gasteiger partial charge in [0.2, 0.25) is 0 Å². The summed E-state index contributed by atoms with van der Waals surface area (Å²) in [5.74, 6) is 1.14. The highest BCUT2D eigenvalue weighted by molar-refractivity contribution is 6.31. The smallest absolute Gasteiger partial charge is 0.142 e. The van der Waals surface area contributed by atoms with Gasteiger partial charge in [0.05, 0.1) is 21.9 Å². The molecule has 0 aliphatic heterocycles. The first-order chi connectivity index (χ1) is 13.0. The Bertz CT molecular complexity index is 1120. The molecule has 4 nitrogen and oxygen atoms in total. The second-order valence-corrected chi connectivity index (χ2v) is 6.93. The Morgan fingerprint density at radius 1 is 1.04 bits per heavy atom. The fourth-order valence-electron chi connectivity index (χ4n) is 3.22. The molecular formula is C21H18ClFN4. The lowest BCUT2D eigenvalue weighted by Crippen LogP contribution is -2.04. The molecule has 4 aromatic rings. The average Bonchev–Trinajstić information content (AvgIpc) is 3.03. The third-order valence-corrected chi connectivity index (χ3v) is 4.85. The van der Waals surface area contributed by atoms with Gasteiger partial charge in [-0.2, -0.15) is 0 Å². The molecule has 0 saturated heterocycles. The molecule has 0 saturated carbocycles. The number of nitrogens with zero attached hydrogens (tertiary/aromatic N) is 4. The first kappa shape index (κ1) is 17.6. The van der Waals surface area contributed by atoms with Crippen molar-refractivity contribution in [1.82, 2.24) is 19.5 Å². The number of aromatic nitrogens is 4. The van der Waals surface area contributed by atoms with Gasteiger partial charge in [-0.05, 0) is 25.5 Å². The van der Waals surface area contributed by atoms with Crippen molar-refractivity contribution in [2.45, 2.75) is 19.8 Å². The summed E-state index contributed by atoms with van der Waals surface area (Å²) in [5, 5.41) is 0.767. The van der Waals surface area contributed by atoms with Crippen LogP contribution in [0.5, 0.6) is 0 Å². The first-order valence-electron chi connectivity index (χ1n) is 8.71. The predicted molar refractivity (Wildman–Crippen MR) is 105 cm³/mol. The topological polar surface area (TPSA) is 43.6 Å². The minimum atomic E-state index is -0.457. The van der Waals surface area contributed by atoms with Gasteiger partial charge in [0.1, 0.15) is 17.5 Å². The highest BCUT2D eigenvalue weighted by Crippen LogP contribution is 2.25. The van der Waals surface area contributed by atoms with Crippen molar-refractivity contribution in [2.24, 2.45) is 7.05 Å². The molecule has 0 radical (unpaired) electrons. The lowest BCUT2D eigenvalue weighted by molar-refractivity contribution is 0.629. The lowest BCUT2D eigenvalue weighted by atomic mass is 10.1. The van der Waals surface area contributed by atoms with Crippen molar-refractivity contribution in [2.75, 3.05) is 0 Å². The third kappa shape index (κ3) is 3.55. The zero-order chi connectivity index (χ0) is 19.0. The van der Waals surface area contributed by atoms with Crippen LogP contribution in [0.25, 0.3) is 22.2 Å². The summed E-state index contributed by atoms with van der Waals surface area (Å²) in [6.07, 6.45) is 3.35. The van der Waals surface area contributed by atoms with Crippen LogP contribution >= 0.6 is 11.6 Å². The van der Waals surface area contributed by atoms with E-state index in [1.807, 2.05) is 55.1 Å². The van der Waals surface area contributed by atoms with Crippen molar-refractivity contribution in [3.8, 4) is 11.3 Å². The number of rotatable bonds is 4. The van der Waals surface area contributed by atoms with E-state index in [1.54, 1.807) is 6.07 Å². The van der Waals surface area contributed by atoms with Crippen LogP contribution in [-0.4, -0.2) is 19.5 Å². The molecule has 136 valence electrons. The molecule has 0 aliphatic rings. The van der Waals surface area contributed by atoms with E-state index in [4.69, 9.17) is 16.6 Å². The summed E-state index contributed by atoms with van der Waals surface area (Å²) in [6.45, 7) is 1.83. The van der Waals surface area contributed by atoms with E-state index in [-0.39, 0.29) is 5.02 Å². The first-order valence-corrected chi connectivity index (χ1v) is 9.09. The van der Waals surface area contributed by atoms with Crippen LogP contribution in [0, 0.1) is 12.7 Å². The Balaban J connectivity index is 1.64. The van der Waals surface area contributed by atoms with Gasteiger partial charge in [-0.15, -0.1) is 0 Å². The zero-order valence-corrected chi connectivity index (χ0v) is 15.8. The number of hydrogen-bond donors (Lipinski definition) is 0. The van der Waals surface area contributed by atoms with Gasteiger partial charge in [-0.1, -0.05) is 41.9 Å². The Morgan fingerprint density at radius 3 is 2.59 bits per heavy atom. The maximum Gasteiger partial charge on any atom is 0.142 e. The Kier molecular flexibility index (Phi) is 4.62. The van der Waals surface area contributed by atoms with E-state index in [0.29, 0.717) is 29.6 Å². The number of aryl methyl sites for hydroxylation is 4. The largest absolute Gasteiger partial charge is 0.337 e. The van der Waals surface area contributed by atoms with E-state index in [9.17, 15) is 4.39 Å². The van der Waals surface area contributed by atoms with Crippen LogP contribution in [0.3, 0.4) is 0 Å². The van der Waals surface area contributed by atoms with Crippen molar-refractivity contribution in [3.05, 3.63) is 76.8 Å². The van der Waals surface area contributed by atoms with Crippen molar-refractivity contribution in [3.63, 3.8) is 0 Å². The molecule has 2 aromatic carbocycles. The zero-order valence-electron chi connectivity index (χ0n) is 15.1. The maximum absolute atomic E-state index is 13.9. The summed E-state index contributed by atoms with van der Waals surface area (Å²) in [7, 11) is 1.98. The SMILES string of the molecule is Cc1nc(CCc2nc(-c3ccccc3)cn2C)c2cc(F)c(Cl)cc2n1. The Morgan fingerprint density at radius 2 is 1.81 bits per heavy atom. The van der Waals surface area contributed by atoms with Crippen LogP contribution in [0.15, 0.2) is 48.7 Å². The van der Waals surface area contributed by atoms with E-state index in [1.165, 1.54) is 6.07 Å². The highest BCUT2D eigenvalue weighted by atomic mass is 35.5. The Labute approximate surface area is 161 Å². The monoisotopic (exact) mass is 380 g/mol. The summed E-state index contributed by atoms with van der Waals surface area (Å²) >= 11 is 5.90. The molecule has 0 N–H and O–H groups in total. The van der Waals surface area contributed by atoms with Crippen LogP contribution in [0.1, 0.15) is 17.3 Å². The van der Waals surface area contributed by atoms with Crippen LogP contribution in [0.2, 0.25) is 5.02 Å². The molecule has 0 spiro atoms. The minimum absolute atomic E-state index is 0.0724. The average molecular weight is 381 g/mol. The fraction of sp³-hybridized carbons (Fsp3) is 0.190. The van der Waals surface area contributed by atoms with E-state index >= 15 is 0 Å². The molecule has 2 heterocycles. The van der Waals surface area contributed by atoms with Crippen LogP contribution in [0.4, 0.5) is 4.39 Å². The highest BCUT2D eigenvalue weighted by Gasteiger charge is 2.13. The van der Waals surface area contributed by atoms with Gasteiger partial charge in [0.25, 0.3) is 0 Å². The molecule has 27 heavy (non-hydrogen) atoms. The fourth-order valence-corrected chi connectivity index (χ4v) is 3.38. The van der Waals surface area contributed by atoms with Gasteiger partial charge < -0.3 is 4.57 Å². The van der Waals surface area contributed by atoms with E-state index in [0.717, 1.165) is 22.8 Å². The second-order valence-electron chi connectivity index (χ2n) is 6.52. The van der Waals surface area contributed by atoms with E-state index < -0.39 is 5.82 Å². The lowest BCUT2D eigenvalue weighted by Gasteiger charge is -2.08. The molecule has 0 unspecified atom stereocenters. The third-order valence-electron chi connectivity index (χ3n) is 4.56. The molecule has 0 amide bonds.